The van der Waals surface area contributed by atoms with Gasteiger partial charge >= 0.3 is 0 Å². The molecule has 2 nitrogen and oxygen atoms in total. The minimum Gasteiger partial charge on any atom is -0.456 e. The number of nitrogens with zero attached hydrogens (tertiary/aromatic N) is 1. The number of para-hydroxylation sites is 1. The van der Waals surface area contributed by atoms with E-state index in [1.165, 1.54) is 66.0 Å². The summed E-state index contributed by atoms with van der Waals surface area (Å²) in [6.07, 6.45) is 0. The average Bonchev–Trinajstić information content (AvgIpc) is 3.84. The smallest absolute Gasteiger partial charge is 0.137 e. The summed E-state index contributed by atoms with van der Waals surface area (Å²) in [6.45, 7) is 9.79. The van der Waals surface area contributed by atoms with Gasteiger partial charge in [-0.25, -0.2) is 0 Å². The van der Waals surface area contributed by atoms with E-state index < -0.39 is 13.5 Å². The number of benzene rings is 8. The van der Waals surface area contributed by atoms with Gasteiger partial charge in [-0.2, -0.15) is 0 Å². The third kappa shape index (κ3) is 4.19. The molecule has 0 amide bonds. The Balaban J connectivity index is 1.14. The summed E-state index contributed by atoms with van der Waals surface area (Å²) in [6, 6.07) is 66.2. The van der Waals surface area contributed by atoms with Gasteiger partial charge in [-0.3, -0.25) is 0 Å². The van der Waals surface area contributed by atoms with Gasteiger partial charge < -0.3 is 9.32 Å². The van der Waals surface area contributed by atoms with Crippen LogP contribution < -0.4 is 15.3 Å². The maximum absolute atomic E-state index is 6.55. The van der Waals surface area contributed by atoms with Crippen LogP contribution in [-0.4, -0.2) is 8.07 Å². The molecule has 0 N–H and O–H groups in total. The zero-order valence-electron chi connectivity index (χ0n) is 32.6. The van der Waals surface area contributed by atoms with Crippen LogP contribution in [0.4, 0.5) is 17.1 Å². The fraction of sp³-hybridized carbons (Fsp3) is 0.111. The lowest BCUT2D eigenvalue weighted by Gasteiger charge is -2.46. The van der Waals surface area contributed by atoms with Gasteiger partial charge in [0, 0.05) is 39.3 Å². The van der Waals surface area contributed by atoms with Gasteiger partial charge in [0.1, 0.15) is 19.2 Å². The van der Waals surface area contributed by atoms with Gasteiger partial charge in [0.05, 0.1) is 5.41 Å². The molecule has 0 bridgehead atoms. The molecular weight excluding hydrogens is 707 g/mol. The minimum atomic E-state index is -2.02. The number of anilines is 3. The molecule has 9 aromatic rings. The molecule has 57 heavy (non-hydrogen) atoms. The molecule has 2 aliphatic carbocycles. The lowest BCUT2D eigenvalue weighted by molar-refractivity contribution is 0.660. The predicted molar refractivity (Wildman–Crippen MR) is 240 cm³/mol. The first kappa shape index (κ1) is 32.8. The Morgan fingerprint density at radius 2 is 0.877 bits per heavy atom. The SMILES string of the molecule is CC1(C)c2ccccc2-c2ccc(N(c3ccc4c(c3)C3(c5ccccc5-4)c4ccccc4[Si](C)(C)c4ccccc43)c3ccc4c(c3)oc3ccccc34)cc21. The quantitative estimate of drug-likeness (QED) is 0.167. The van der Waals surface area contributed by atoms with Crippen molar-refractivity contribution >= 4 is 57.4 Å². The number of hydrogen-bond acceptors (Lipinski definition) is 2. The standard InChI is InChI=1S/C54H41NOSi/c1-53(2)43-18-8-5-15-37(43)39-28-25-34(31-47(39)53)55(36-27-30-42-41-17-7-12-22-49(41)56-50(42)33-36)35-26-29-40-38-16-6-9-19-44(38)54(48(40)32-35)45-20-10-13-23-51(45)57(3,4)52-24-14-11-21-46(52)54/h5-33H,1-4H3. The molecule has 1 aromatic heterocycles. The van der Waals surface area contributed by atoms with Crippen molar-refractivity contribution < 1.29 is 4.42 Å². The van der Waals surface area contributed by atoms with E-state index in [9.17, 15) is 0 Å². The highest BCUT2D eigenvalue weighted by Crippen LogP contribution is 2.58. The maximum atomic E-state index is 6.55. The third-order valence-electron chi connectivity index (χ3n) is 13.7. The summed E-state index contributed by atoms with van der Waals surface area (Å²) in [5.74, 6) is 0. The second-order valence-corrected chi connectivity index (χ2v) is 21.6. The van der Waals surface area contributed by atoms with Gasteiger partial charge in [-0.15, -0.1) is 0 Å². The van der Waals surface area contributed by atoms with Crippen molar-refractivity contribution in [3.05, 3.63) is 209 Å². The summed E-state index contributed by atoms with van der Waals surface area (Å²) in [4.78, 5) is 2.46. The molecule has 1 aliphatic heterocycles. The van der Waals surface area contributed by atoms with Crippen molar-refractivity contribution in [1.82, 2.24) is 0 Å². The highest BCUT2D eigenvalue weighted by Gasteiger charge is 2.53. The van der Waals surface area contributed by atoms with E-state index in [1.54, 1.807) is 0 Å². The molecule has 272 valence electrons. The number of rotatable bonds is 3. The number of fused-ring (bicyclic) bond motifs is 15. The fourth-order valence-corrected chi connectivity index (χ4v) is 14.3. The molecule has 8 aromatic carbocycles. The van der Waals surface area contributed by atoms with E-state index in [-0.39, 0.29) is 5.41 Å². The van der Waals surface area contributed by atoms with Crippen LogP contribution in [0, 0.1) is 0 Å². The fourth-order valence-electron chi connectivity index (χ4n) is 11.1. The van der Waals surface area contributed by atoms with Crippen LogP contribution >= 0.6 is 0 Å². The number of furan rings is 1. The van der Waals surface area contributed by atoms with Gasteiger partial charge in [0.25, 0.3) is 0 Å². The first-order chi connectivity index (χ1) is 27.8. The van der Waals surface area contributed by atoms with E-state index in [2.05, 4.69) is 202 Å². The van der Waals surface area contributed by atoms with Gasteiger partial charge in [0.2, 0.25) is 0 Å². The van der Waals surface area contributed by atoms with Crippen LogP contribution in [0.25, 0.3) is 44.2 Å². The normalized spacial score (nSPS) is 15.8. The molecule has 3 aliphatic rings. The van der Waals surface area contributed by atoms with Gasteiger partial charge in [-0.05, 0) is 108 Å². The van der Waals surface area contributed by atoms with Crippen molar-refractivity contribution in [2.45, 2.75) is 37.8 Å². The van der Waals surface area contributed by atoms with E-state index >= 15 is 0 Å². The third-order valence-corrected chi connectivity index (χ3v) is 17.3. The zero-order chi connectivity index (χ0) is 38.3. The van der Waals surface area contributed by atoms with E-state index in [4.69, 9.17) is 4.42 Å². The molecule has 0 saturated heterocycles. The van der Waals surface area contributed by atoms with Crippen molar-refractivity contribution in [2.75, 3.05) is 4.90 Å². The Hall–Kier alpha value is -6.42. The van der Waals surface area contributed by atoms with Crippen molar-refractivity contribution in [3.8, 4) is 22.3 Å². The molecule has 0 saturated carbocycles. The second kappa shape index (κ2) is 11.3. The van der Waals surface area contributed by atoms with Crippen LogP contribution in [0.2, 0.25) is 13.1 Å². The Bertz CT molecular complexity index is 3110. The summed E-state index contributed by atoms with van der Waals surface area (Å²) < 4.78 is 6.55. The van der Waals surface area contributed by atoms with E-state index in [1.807, 2.05) is 6.07 Å². The number of hydrogen-bond donors (Lipinski definition) is 0. The second-order valence-electron chi connectivity index (χ2n) is 17.3. The molecule has 0 unspecified atom stereocenters. The van der Waals surface area contributed by atoms with Crippen LogP contribution in [0.1, 0.15) is 47.2 Å². The molecule has 2 heterocycles. The van der Waals surface area contributed by atoms with Crippen LogP contribution in [0.5, 0.6) is 0 Å². The summed E-state index contributed by atoms with van der Waals surface area (Å²) in [7, 11) is -2.02. The summed E-state index contributed by atoms with van der Waals surface area (Å²) >= 11 is 0. The lowest BCUT2D eigenvalue weighted by Crippen LogP contribution is -2.63. The van der Waals surface area contributed by atoms with E-state index in [0.717, 1.165) is 39.0 Å². The molecule has 3 heteroatoms. The Labute approximate surface area is 334 Å². The zero-order valence-corrected chi connectivity index (χ0v) is 33.6. The Kier molecular flexibility index (Phi) is 6.52. The Morgan fingerprint density at radius 1 is 0.404 bits per heavy atom. The largest absolute Gasteiger partial charge is 0.456 e. The van der Waals surface area contributed by atoms with Gasteiger partial charge in [-0.1, -0.05) is 154 Å². The molecule has 1 spiro atoms. The molecule has 0 fully saturated rings. The minimum absolute atomic E-state index is 0.133. The highest BCUT2D eigenvalue weighted by atomic mass is 28.3. The molecule has 0 atom stereocenters. The summed E-state index contributed by atoms with van der Waals surface area (Å²) in [5.41, 5.74) is 18.1. The topological polar surface area (TPSA) is 16.4 Å². The maximum Gasteiger partial charge on any atom is 0.137 e. The van der Waals surface area contributed by atoms with Crippen molar-refractivity contribution in [3.63, 3.8) is 0 Å². The molecule has 12 rings (SSSR count). The van der Waals surface area contributed by atoms with E-state index in [0.29, 0.717) is 0 Å². The first-order valence-corrected chi connectivity index (χ1v) is 23.2. The highest BCUT2D eigenvalue weighted by molar-refractivity contribution is 7.01. The first-order valence-electron chi connectivity index (χ1n) is 20.2. The van der Waals surface area contributed by atoms with Crippen LogP contribution in [0.3, 0.4) is 0 Å². The monoisotopic (exact) mass is 747 g/mol. The van der Waals surface area contributed by atoms with Crippen molar-refractivity contribution in [2.24, 2.45) is 0 Å². The molecule has 0 radical (unpaired) electrons. The lowest BCUT2D eigenvalue weighted by atomic mass is 9.67. The average molecular weight is 748 g/mol. The van der Waals surface area contributed by atoms with Crippen LogP contribution in [-0.2, 0) is 10.8 Å². The molecular formula is C54H41NOSi. The van der Waals surface area contributed by atoms with Crippen LogP contribution in [0.15, 0.2) is 180 Å². The van der Waals surface area contributed by atoms with Gasteiger partial charge in [0.15, 0.2) is 0 Å². The van der Waals surface area contributed by atoms with Crippen molar-refractivity contribution in [1.29, 1.82) is 0 Å². The predicted octanol–water partition coefficient (Wildman–Crippen LogP) is 12.9. The Morgan fingerprint density at radius 3 is 1.58 bits per heavy atom. The summed E-state index contributed by atoms with van der Waals surface area (Å²) in [5, 5.41) is 5.31.